The maximum absolute atomic E-state index is 10.7. The fourth-order valence-corrected chi connectivity index (χ4v) is 1.93. The summed E-state index contributed by atoms with van der Waals surface area (Å²) in [5, 5.41) is 23.0. The number of halogens is 1. The highest BCUT2D eigenvalue weighted by atomic mass is 35.6. The van der Waals surface area contributed by atoms with Gasteiger partial charge >= 0.3 is 0 Å². The van der Waals surface area contributed by atoms with Crippen molar-refractivity contribution < 1.29 is 30.6 Å². The number of nitro groups is 1. The van der Waals surface area contributed by atoms with Crippen LogP contribution in [0.2, 0.25) is 0 Å². The molecule has 2 aromatic rings. The highest BCUT2D eigenvalue weighted by Gasteiger charge is 2.27. The molecule has 118 valence electrons. The number of non-ortho nitro benzene ring substituents is 1. The summed E-state index contributed by atoms with van der Waals surface area (Å²) >= 11 is -0.417. The monoisotopic (exact) mass is 335 g/mol. The van der Waals surface area contributed by atoms with Crippen molar-refractivity contribution in [1.82, 2.24) is 0 Å². The quantitative estimate of drug-likeness (QED) is 0.597. The molecule has 0 saturated carbocycles. The number of amidine groups is 1. The Labute approximate surface area is 134 Å². The van der Waals surface area contributed by atoms with Crippen LogP contribution in [0.25, 0.3) is 0 Å². The average Bonchev–Trinajstić information content (AvgIpc) is 3.06. The summed E-state index contributed by atoms with van der Waals surface area (Å²) in [5.74, 6) is 0.617. The van der Waals surface area contributed by atoms with Crippen LogP contribution >= 0.6 is 0 Å². The van der Waals surface area contributed by atoms with E-state index in [2.05, 4.69) is 15.5 Å². The molecule has 1 aliphatic heterocycles. The van der Waals surface area contributed by atoms with Gasteiger partial charge in [0, 0.05) is 29.5 Å². The van der Waals surface area contributed by atoms with Gasteiger partial charge < -0.3 is 9.32 Å². The number of benzene rings is 2. The van der Waals surface area contributed by atoms with E-state index in [-0.39, 0.29) is 5.69 Å². The second-order valence-electron chi connectivity index (χ2n) is 4.22. The highest BCUT2D eigenvalue weighted by molar-refractivity contribution is 5.93. The molecule has 0 amide bonds. The molecule has 0 radical (unpaired) electrons. The van der Waals surface area contributed by atoms with Crippen LogP contribution in [0.1, 0.15) is 5.56 Å². The lowest BCUT2D eigenvalue weighted by molar-refractivity contribution is -1.41. The Balaban J connectivity index is 0.000000595. The van der Waals surface area contributed by atoms with E-state index in [4.69, 9.17) is 9.32 Å². The zero-order valence-corrected chi connectivity index (χ0v) is 12.3. The summed E-state index contributed by atoms with van der Waals surface area (Å²) in [6, 6.07) is 15.7. The van der Waals surface area contributed by atoms with E-state index >= 15 is 0 Å². The van der Waals surface area contributed by atoms with Crippen LogP contribution in [0.5, 0.6) is 0 Å². The number of nitro benzene ring substituents is 1. The molecule has 1 N–H and O–H groups in total. The summed E-state index contributed by atoms with van der Waals surface area (Å²) in [5.41, 5.74) is 1.70. The van der Waals surface area contributed by atoms with Crippen molar-refractivity contribution in [2.75, 3.05) is 0 Å². The third kappa shape index (κ3) is 4.14. The van der Waals surface area contributed by atoms with E-state index < -0.39 is 16.2 Å². The van der Waals surface area contributed by atoms with E-state index in [0.29, 0.717) is 10.8 Å². The molecule has 0 aliphatic carbocycles. The molecule has 2 aromatic carbocycles. The molecule has 0 aromatic heterocycles. The fourth-order valence-electron chi connectivity index (χ4n) is 1.93. The minimum Gasteiger partial charge on any atom is -0.544 e. The van der Waals surface area contributed by atoms with Gasteiger partial charge in [-0.2, -0.15) is 0 Å². The fraction of sp³-hybridized carbons (Fsp3) is 0. The van der Waals surface area contributed by atoms with Gasteiger partial charge in [0.2, 0.25) is 0 Å². The lowest BCUT2D eigenvalue weighted by Crippen LogP contribution is -3.04. The van der Waals surface area contributed by atoms with Gasteiger partial charge in [0.05, 0.1) is 27.0 Å². The largest absolute Gasteiger partial charge is 0.544 e. The SMILES string of the molecule is O=[N+]([O-])c1ccc(C2=NN=N[NH+]2c2ccccc2)cc1.[O-][Cl+][O-]. The first kappa shape index (κ1) is 16.6. The van der Waals surface area contributed by atoms with E-state index in [1.54, 1.807) is 12.1 Å². The second-order valence-corrected chi connectivity index (χ2v) is 4.35. The van der Waals surface area contributed by atoms with Crippen molar-refractivity contribution in [2.24, 2.45) is 15.5 Å². The molecule has 9 nitrogen and oxygen atoms in total. The number of rotatable bonds is 3. The molecule has 3 rings (SSSR count). The normalized spacial score (nSPS) is 15.6. The van der Waals surface area contributed by atoms with Crippen molar-refractivity contribution in [3.05, 3.63) is 70.3 Å². The predicted molar refractivity (Wildman–Crippen MR) is 71.6 cm³/mol. The van der Waals surface area contributed by atoms with Crippen LogP contribution in [-0.4, -0.2) is 10.8 Å². The van der Waals surface area contributed by atoms with E-state index in [1.807, 2.05) is 30.3 Å². The van der Waals surface area contributed by atoms with Crippen LogP contribution in [0.3, 0.4) is 0 Å². The third-order valence-corrected chi connectivity index (χ3v) is 2.91. The Morgan fingerprint density at radius 1 is 1.00 bits per heavy atom. The average molecular weight is 336 g/mol. The van der Waals surface area contributed by atoms with Gasteiger partial charge in [0.15, 0.2) is 5.69 Å². The smallest absolute Gasteiger partial charge is 0.287 e. The maximum atomic E-state index is 10.7. The molecule has 1 aliphatic rings. The molecule has 1 unspecified atom stereocenters. The van der Waals surface area contributed by atoms with Crippen LogP contribution in [-0.2, 0) is 0 Å². The van der Waals surface area contributed by atoms with Crippen LogP contribution < -0.4 is 14.3 Å². The van der Waals surface area contributed by atoms with E-state index in [1.165, 1.54) is 12.1 Å². The van der Waals surface area contributed by atoms with Crippen molar-refractivity contribution in [1.29, 1.82) is 0 Å². The first-order valence-corrected chi connectivity index (χ1v) is 6.84. The van der Waals surface area contributed by atoms with Gasteiger partial charge in [0.25, 0.3) is 11.5 Å². The molecule has 1 heterocycles. The standard InChI is InChI=1S/C13H9N5O2.ClO2/c19-18(20)12-8-6-10(7-9-12)13-14-15-16-17(13)11-4-2-1-3-5-11;2-1-3/h1-9H;/q;-1/p+1. The van der Waals surface area contributed by atoms with E-state index in [9.17, 15) is 10.1 Å². The van der Waals surface area contributed by atoms with Crippen molar-refractivity contribution in [3.63, 3.8) is 0 Å². The molecule has 0 bridgehead atoms. The van der Waals surface area contributed by atoms with Gasteiger partial charge in [-0.15, -0.1) is 5.01 Å². The van der Waals surface area contributed by atoms with Gasteiger partial charge in [0.1, 0.15) is 0 Å². The van der Waals surface area contributed by atoms with Gasteiger partial charge in [-0.1, -0.05) is 23.3 Å². The van der Waals surface area contributed by atoms with Crippen molar-refractivity contribution in [3.8, 4) is 0 Å². The minimum absolute atomic E-state index is 0.0440. The Hall–Kier alpha value is -2.72. The lowest BCUT2D eigenvalue weighted by atomic mass is 10.1. The number of nitrogens with one attached hydrogen (secondary N) is 1. The third-order valence-electron chi connectivity index (χ3n) is 2.91. The summed E-state index contributed by atoms with van der Waals surface area (Å²) < 4.78 is 16.5. The summed E-state index contributed by atoms with van der Waals surface area (Å²) in [4.78, 5) is 10.2. The van der Waals surface area contributed by atoms with Crippen LogP contribution in [0, 0.1) is 21.4 Å². The van der Waals surface area contributed by atoms with Crippen LogP contribution in [0.4, 0.5) is 11.4 Å². The summed E-state index contributed by atoms with van der Waals surface area (Å²) in [6.07, 6.45) is 0. The Kier molecular flexibility index (Phi) is 5.83. The van der Waals surface area contributed by atoms with Gasteiger partial charge in [-0.05, 0) is 12.1 Å². The molecule has 0 spiro atoms. The minimum atomic E-state index is -0.434. The van der Waals surface area contributed by atoms with Crippen molar-refractivity contribution in [2.45, 2.75) is 0 Å². The number of hydrogen-bond donors (Lipinski definition) is 1. The molecule has 23 heavy (non-hydrogen) atoms. The zero-order valence-electron chi connectivity index (χ0n) is 11.5. The predicted octanol–water partition coefficient (Wildman–Crippen LogP) is -0.524. The lowest BCUT2D eigenvalue weighted by Gasteiger charge is -2.07. The van der Waals surface area contributed by atoms with Gasteiger partial charge in [-0.25, -0.2) is 0 Å². The molecule has 0 saturated heterocycles. The highest BCUT2D eigenvalue weighted by Crippen LogP contribution is 2.13. The first-order valence-electron chi connectivity index (χ1n) is 6.23. The number of hydrogen-bond acceptors (Lipinski definition) is 7. The van der Waals surface area contributed by atoms with Crippen molar-refractivity contribution >= 4 is 17.2 Å². The number of nitrogens with zero attached hydrogens (tertiary/aromatic N) is 4. The van der Waals surface area contributed by atoms with Crippen LogP contribution in [0.15, 0.2) is 70.1 Å². The Morgan fingerprint density at radius 3 is 2.17 bits per heavy atom. The Morgan fingerprint density at radius 2 is 1.61 bits per heavy atom. The zero-order chi connectivity index (χ0) is 16.7. The Bertz CT molecular complexity index is 721. The molecule has 0 fully saturated rings. The molecule has 10 heteroatoms. The molecule has 1 atom stereocenters. The molecular formula is C13H10ClN5O4. The summed E-state index contributed by atoms with van der Waals surface area (Å²) in [7, 11) is 0. The maximum Gasteiger partial charge on any atom is 0.287 e. The van der Waals surface area contributed by atoms with Gasteiger partial charge in [-0.3, -0.25) is 10.1 Å². The topological polar surface area (TPSA) is 131 Å². The molecular weight excluding hydrogens is 326 g/mol. The van der Waals surface area contributed by atoms with E-state index in [0.717, 1.165) is 11.3 Å². The number of quaternary nitrogens is 1. The number of para-hydroxylation sites is 1. The summed E-state index contributed by atoms with van der Waals surface area (Å²) in [6.45, 7) is 0. The first-order chi connectivity index (χ1) is 11.2. The second kappa shape index (κ2) is 8.06.